The summed E-state index contributed by atoms with van der Waals surface area (Å²) in [6.45, 7) is 12.4. The number of nitrogens with zero attached hydrogens (tertiary/aromatic N) is 1. The zero-order valence-corrected chi connectivity index (χ0v) is 41.1. The van der Waals surface area contributed by atoms with Crippen molar-refractivity contribution in [3.63, 3.8) is 0 Å². The van der Waals surface area contributed by atoms with Crippen LogP contribution in [0.3, 0.4) is 0 Å². The molecule has 2 heterocycles. The minimum Gasteiger partial charge on any atom is -0.461 e. The molecule has 0 fully saturated rings. The van der Waals surface area contributed by atoms with Crippen LogP contribution in [-0.4, -0.2) is 111 Å². The number of esters is 1. The quantitative estimate of drug-likeness (QED) is 0.0366. The molecule has 0 bridgehead atoms. The Hall–Kier alpha value is -7.09. The molecule has 12 N–H and O–H groups in total. The average molecular weight is 970 g/mol. The smallest absolute Gasteiger partial charge is 0.329 e. The first-order valence-electron chi connectivity index (χ1n) is 23.8. The number of benzene rings is 2. The Morgan fingerprint density at radius 1 is 0.671 bits per heavy atom. The topological polar surface area (TPSA) is 314 Å². The zero-order valence-electron chi connectivity index (χ0n) is 41.1. The van der Waals surface area contributed by atoms with Gasteiger partial charge in [0, 0.05) is 48.3 Å². The van der Waals surface area contributed by atoms with Gasteiger partial charge in [-0.15, -0.1) is 0 Å². The summed E-state index contributed by atoms with van der Waals surface area (Å²) in [5, 5.41) is 16.6. The summed E-state index contributed by atoms with van der Waals surface area (Å²) in [6, 6.07) is 9.17. The number of rotatable bonds is 28. The van der Waals surface area contributed by atoms with E-state index >= 15 is 0 Å². The first-order chi connectivity index (χ1) is 33.2. The number of nitrogens with two attached hydrogens (primary N) is 2. The van der Waals surface area contributed by atoms with Crippen molar-refractivity contribution in [1.29, 1.82) is 0 Å². The minimum absolute atomic E-state index is 0.0596. The maximum Gasteiger partial charge on any atom is 0.329 e. The normalized spacial score (nSPS) is 14.0. The fourth-order valence-electron chi connectivity index (χ4n) is 7.81. The maximum absolute atomic E-state index is 14.1. The highest BCUT2D eigenvalue weighted by Gasteiger charge is 2.33. The van der Waals surface area contributed by atoms with Crippen LogP contribution in [0.25, 0.3) is 10.9 Å². The Bertz CT molecular complexity index is 2360. The third kappa shape index (κ3) is 18.1. The van der Waals surface area contributed by atoms with E-state index < -0.39 is 96.0 Å². The van der Waals surface area contributed by atoms with Gasteiger partial charge in [-0.2, -0.15) is 0 Å². The molecular weight excluding hydrogens is 899 g/mol. The molecule has 7 amide bonds. The van der Waals surface area contributed by atoms with Crippen molar-refractivity contribution in [3.05, 3.63) is 90.1 Å². The van der Waals surface area contributed by atoms with Crippen LogP contribution in [0.15, 0.2) is 73.3 Å². The standard InChI is InChI=1S/C50H71N11O9/c1-28(2)19-35(20-29(3)4)70-50(69)41(23-34-25-53-27-56-34)58-43(63)26-55-49(68)44(30(5)6)61-45(64)31(7)57-48(67)40(22-33-24-54-38-16-12-11-15-36(33)38)60-47(66)39(17-18-42(52)62)59-46(65)37(51)21-32-13-9-8-10-14-32/h8-16,24-25,27-31,35,37,39-41,44,54H,17-23,26,51H2,1-7H3,(H2,52,62)(H,53,56)(H,55,68)(H,57,67)(H,58,63)(H,59,65)(H,60,66)(H,61,64)/t31-,37-,39-,40-,41-,44-/m0/s1. The number of aromatic amines is 2. The third-order valence-corrected chi connectivity index (χ3v) is 11.5. The molecule has 0 aliphatic carbocycles. The average Bonchev–Trinajstić information content (AvgIpc) is 3.97. The second-order valence-electron chi connectivity index (χ2n) is 18.9. The lowest BCUT2D eigenvalue weighted by atomic mass is 9.98. The van der Waals surface area contributed by atoms with Crippen molar-refractivity contribution >= 4 is 58.2 Å². The van der Waals surface area contributed by atoms with Crippen LogP contribution in [0.2, 0.25) is 0 Å². The number of carbonyl (C=O) groups is 8. The molecule has 0 aliphatic heterocycles. The van der Waals surface area contributed by atoms with Crippen LogP contribution in [0, 0.1) is 17.8 Å². The molecule has 0 saturated carbocycles. The molecule has 2 aromatic carbocycles. The molecule has 20 heteroatoms. The van der Waals surface area contributed by atoms with Crippen molar-refractivity contribution in [2.75, 3.05) is 6.54 Å². The Kier molecular flexibility index (Phi) is 21.6. The molecule has 380 valence electrons. The van der Waals surface area contributed by atoms with Crippen molar-refractivity contribution < 1.29 is 43.1 Å². The molecule has 4 aromatic rings. The van der Waals surface area contributed by atoms with Crippen molar-refractivity contribution in [2.24, 2.45) is 29.2 Å². The molecule has 20 nitrogen and oxygen atoms in total. The zero-order chi connectivity index (χ0) is 51.5. The number of carbonyl (C=O) groups excluding carboxylic acids is 8. The molecule has 0 saturated heterocycles. The number of amides is 7. The summed E-state index contributed by atoms with van der Waals surface area (Å²) < 4.78 is 5.91. The number of para-hydroxylation sites is 1. The van der Waals surface area contributed by atoms with Crippen LogP contribution in [0.1, 0.15) is 91.0 Å². The number of hydrogen-bond donors (Lipinski definition) is 10. The van der Waals surface area contributed by atoms with E-state index in [1.807, 2.05) is 58.0 Å². The van der Waals surface area contributed by atoms with Crippen molar-refractivity contribution in [2.45, 2.75) is 136 Å². The van der Waals surface area contributed by atoms with Gasteiger partial charge in [-0.25, -0.2) is 9.78 Å². The van der Waals surface area contributed by atoms with E-state index in [1.165, 1.54) is 19.4 Å². The molecule has 0 spiro atoms. The first-order valence-corrected chi connectivity index (χ1v) is 23.8. The molecule has 6 atom stereocenters. The number of aromatic nitrogens is 3. The third-order valence-electron chi connectivity index (χ3n) is 11.5. The van der Waals surface area contributed by atoms with Crippen LogP contribution in [0.5, 0.6) is 0 Å². The van der Waals surface area contributed by atoms with Crippen LogP contribution in [-0.2, 0) is 62.4 Å². The lowest BCUT2D eigenvalue weighted by Crippen LogP contribution is -2.59. The summed E-state index contributed by atoms with van der Waals surface area (Å²) in [4.78, 5) is 117. The monoisotopic (exact) mass is 970 g/mol. The van der Waals surface area contributed by atoms with Gasteiger partial charge >= 0.3 is 5.97 Å². The number of imidazole rings is 1. The molecule has 4 rings (SSSR count). The number of hydrogen-bond acceptors (Lipinski definition) is 11. The first kappa shape index (κ1) is 55.5. The number of nitrogens with one attached hydrogen (secondary N) is 8. The van der Waals surface area contributed by atoms with E-state index in [0.717, 1.165) is 16.5 Å². The van der Waals surface area contributed by atoms with E-state index in [2.05, 4.69) is 46.9 Å². The van der Waals surface area contributed by atoms with Gasteiger partial charge in [0.25, 0.3) is 0 Å². The predicted octanol–water partition coefficient (Wildman–Crippen LogP) is 1.73. The molecule has 2 aromatic heterocycles. The number of primary amides is 1. The van der Waals surface area contributed by atoms with E-state index in [4.69, 9.17) is 16.2 Å². The highest BCUT2D eigenvalue weighted by Crippen LogP contribution is 2.20. The van der Waals surface area contributed by atoms with E-state index in [1.54, 1.807) is 44.3 Å². The Morgan fingerprint density at radius 2 is 1.31 bits per heavy atom. The summed E-state index contributed by atoms with van der Waals surface area (Å²) in [5.41, 5.74) is 14.4. The van der Waals surface area contributed by atoms with Crippen LogP contribution < -0.4 is 43.4 Å². The van der Waals surface area contributed by atoms with Gasteiger partial charge in [-0.3, -0.25) is 33.6 Å². The van der Waals surface area contributed by atoms with Crippen molar-refractivity contribution in [3.8, 4) is 0 Å². The van der Waals surface area contributed by atoms with E-state index in [0.29, 0.717) is 24.1 Å². The molecule has 0 radical (unpaired) electrons. The SMILES string of the molecule is CC(C)CC(CC(C)C)OC(=O)[C@H](Cc1cnc[nH]1)NC(=O)CNC(=O)[C@@H](NC(=O)[C@H](C)NC(=O)[C@H](Cc1c[nH]c2ccccc12)NC(=O)[C@H](CCC(N)=O)NC(=O)[C@@H](N)Cc1ccccc1)C(C)C. The number of ether oxygens (including phenoxy) is 1. The molecule has 0 unspecified atom stereocenters. The van der Waals surface area contributed by atoms with Crippen molar-refractivity contribution in [1.82, 2.24) is 46.9 Å². The molecule has 0 aliphatic rings. The fourth-order valence-corrected chi connectivity index (χ4v) is 7.81. The Balaban J connectivity index is 1.44. The number of fused-ring (bicyclic) bond motifs is 1. The van der Waals surface area contributed by atoms with E-state index in [9.17, 15) is 38.4 Å². The number of H-pyrrole nitrogens is 2. The largest absolute Gasteiger partial charge is 0.461 e. The van der Waals surface area contributed by atoms with Gasteiger partial charge in [-0.1, -0.05) is 90.1 Å². The summed E-state index contributed by atoms with van der Waals surface area (Å²) >= 11 is 0. The fraction of sp³-hybridized carbons (Fsp3) is 0.500. The second kappa shape index (κ2) is 27.2. The van der Waals surface area contributed by atoms with Gasteiger partial charge in [0.05, 0.1) is 18.9 Å². The Labute approximate surface area is 408 Å². The summed E-state index contributed by atoms with van der Waals surface area (Å²) in [5.74, 6) is -5.66. The summed E-state index contributed by atoms with van der Waals surface area (Å²) in [6.07, 6.45) is 5.31. The lowest BCUT2D eigenvalue weighted by molar-refractivity contribution is -0.154. The Morgan fingerprint density at radius 3 is 1.94 bits per heavy atom. The molecular formula is C50H71N11O9. The summed E-state index contributed by atoms with van der Waals surface area (Å²) in [7, 11) is 0. The predicted molar refractivity (Wildman–Crippen MR) is 263 cm³/mol. The van der Waals surface area contributed by atoms with Gasteiger partial charge < -0.3 is 58.1 Å². The van der Waals surface area contributed by atoms with Gasteiger partial charge in [0.1, 0.15) is 36.3 Å². The van der Waals surface area contributed by atoms with Crippen LogP contribution in [0.4, 0.5) is 0 Å². The van der Waals surface area contributed by atoms with Gasteiger partial charge in [-0.05, 0) is 67.6 Å². The molecule has 70 heavy (non-hydrogen) atoms. The highest BCUT2D eigenvalue weighted by molar-refractivity contribution is 5.97. The lowest BCUT2D eigenvalue weighted by Gasteiger charge is -2.26. The maximum atomic E-state index is 14.1. The minimum atomic E-state index is -1.32. The van der Waals surface area contributed by atoms with Crippen LogP contribution >= 0.6 is 0 Å². The van der Waals surface area contributed by atoms with Gasteiger partial charge in [0.2, 0.25) is 41.4 Å². The second-order valence-corrected chi connectivity index (χ2v) is 18.9. The van der Waals surface area contributed by atoms with Gasteiger partial charge in [0.15, 0.2) is 0 Å². The van der Waals surface area contributed by atoms with E-state index in [-0.39, 0.29) is 50.0 Å². The highest BCUT2D eigenvalue weighted by atomic mass is 16.5.